The quantitative estimate of drug-likeness (QED) is 0.886. The molecule has 1 aromatic heterocycles. The molecule has 3 rings (SSSR count). The lowest BCUT2D eigenvalue weighted by atomic mass is 9.92. The predicted molar refractivity (Wildman–Crippen MR) is 74.3 cm³/mol. The molecular weight excluding hydrogens is 240 g/mol. The minimum atomic E-state index is -0.945. The fourth-order valence-corrected chi connectivity index (χ4v) is 3.05. The summed E-state index contributed by atoms with van der Waals surface area (Å²) < 4.78 is 2.24. The zero-order valence-corrected chi connectivity index (χ0v) is 11.0. The van der Waals surface area contributed by atoms with Crippen LogP contribution in [0.25, 0.3) is 10.9 Å². The Kier molecular flexibility index (Phi) is 2.82. The molecule has 1 aliphatic rings. The van der Waals surface area contributed by atoms with Gasteiger partial charge in [-0.15, -0.1) is 0 Å². The molecule has 4 nitrogen and oxygen atoms in total. The lowest BCUT2D eigenvalue weighted by Crippen LogP contribution is -2.35. The summed E-state index contributed by atoms with van der Waals surface area (Å²) in [5.41, 5.74) is 9.44. The first-order valence-electron chi connectivity index (χ1n) is 6.68. The van der Waals surface area contributed by atoms with E-state index in [2.05, 4.69) is 29.0 Å². The van der Waals surface area contributed by atoms with E-state index in [1.54, 1.807) is 0 Å². The summed E-state index contributed by atoms with van der Waals surface area (Å²) in [6, 6.07) is 5.42. The Morgan fingerprint density at radius 3 is 3.00 bits per heavy atom. The van der Waals surface area contributed by atoms with Crippen LogP contribution in [-0.2, 0) is 17.8 Å². The fourth-order valence-electron chi connectivity index (χ4n) is 3.05. The summed E-state index contributed by atoms with van der Waals surface area (Å²) in [4.78, 5) is 11.1. The second-order valence-corrected chi connectivity index (χ2v) is 5.35. The fraction of sp³-hybridized carbons (Fsp3) is 0.400. The number of nitrogens with two attached hydrogens (primary N) is 1. The Morgan fingerprint density at radius 2 is 2.26 bits per heavy atom. The number of carbonyl (C=O) groups is 1. The number of hydrogen-bond acceptors (Lipinski definition) is 2. The molecule has 2 aromatic rings. The topological polar surface area (TPSA) is 68.2 Å². The standard InChI is InChI=1S/C15H18N2O2/c1-9(13(16)15(18)19)12-8-17-7-3-5-10-4-2-6-11(12)14(10)17/h2,4,6,8-9,13H,3,5,7,16H2,1H3,(H,18,19). The number of rotatable bonds is 3. The van der Waals surface area contributed by atoms with E-state index in [0.29, 0.717) is 0 Å². The van der Waals surface area contributed by atoms with Crippen LogP contribution in [0.4, 0.5) is 0 Å². The molecule has 0 radical (unpaired) electrons. The maximum atomic E-state index is 11.1. The lowest BCUT2D eigenvalue weighted by Gasteiger charge is -2.15. The molecule has 4 heteroatoms. The molecule has 2 heterocycles. The van der Waals surface area contributed by atoms with Crippen LogP contribution in [-0.4, -0.2) is 21.7 Å². The van der Waals surface area contributed by atoms with Crippen molar-refractivity contribution in [2.24, 2.45) is 5.73 Å². The second kappa shape index (κ2) is 4.38. The Hall–Kier alpha value is -1.81. The molecule has 0 spiro atoms. The minimum absolute atomic E-state index is 0.186. The predicted octanol–water partition coefficient (Wildman–Crippen LogP) is 2.10. The van der Waals surface area contributed by atoms with Gasteiger partial charge in [0.15, 0.2) is 0 Å². The normalized spacial score (nSPS) is 17.4. The zero-order valence-electron chi connectivity index (χ0n) is 11.0. The number of aryl methyl sites for hydroxylation is 2. The molecule has 0 amide bonds. The van der Waals surface area contributed by atoms with Crippen molar-refractivity contribution in [2.75, 3.05) is 0 Å². The highest BCUT2D eigenvalue weighted by Gasteiger charge is 2.26. The van der Waals surface area contributed by atoms with E-state index >= 15 is 0 Å². The molecular formula is C15H18N2O2. The number of aliphatic carboxylic acids is 1. The monoisotopic (exact) mass is 258 g/mol. The first kappa shape index (κ1) is 12.2. The van der Waals surface area contributed by atoms with E-state index in [0.717, 1.165) is 30.3 Å². The molecule has 2 atom stereocenters. The number of para-hydroxylation sites is 1. The summed E-state index contributed by atoms with van der Waals surface area (Å²) in [6.45, 7) is 2.89. The maximum Gasteiger partial charge on any atom is 0.321 e. The van der Waals surface area contributed by atoms with Gasteiger partial charge in [0.2, 0.25) is 0 Å². The van der Waals surface area contributed by atoms with E-state index in [9.17, 15) is 4.79 Å². The number of nitrogens with zero attached hydrogens (tertiary/aromatic N) is 1. The van der Waals surface area contributed by atoms with E-state index in [1.165, 1.54) is 11.1 Å². The molecule has 100 valence electrons. The van der Waals surface area contributed by atoms with Gasteiger partial charge < -0.3 is 15.4 Å². The van der Waals surface area contributed by atoms with Gasteiger partial charge in [-0.25, -0.2) is 0 Å². The molecule has 0 fully saturated rings. The first-order chi connectivity index (χ1) is 9.09. The van der Waals surface area contributed by atoms with Gasteiger partial charge in [0.25, 0.3) is 0 Å². The summed E-state index contributed by atoms with van der Waals surface area (Å²) in [7, 11) is 0. The van der Waals surface area contributed by atoms with Gasteiger partial charge in [0.05, 0.1) is 5.52 Å². The number of carboxylic acid groups (broad SMARTS) is 1. The van der Waals surface area contributed by atoms with Crippen LogP contribution in [0.2, 0.25) is 0 Å². The largest absolute Gasteiger partial charge is 0.480 e. The smallest absolute Gasteiger partial charge is 0.321 e. The maximum absolute atomic E-state index is 11.1. The molecule has 19 heavy (non-hydrogen) atoms. The highest BCUT2D eigenvalue weighted by atomic mass is 16.4. The van der Waals surface area contributed by atoms with Crippen molar-refractivity contribution in [3.8, 4) is 0 Å². The zero-order chi connectivity index (χ0) is 13.6. The highest BCUT2D eigenvalue weighted by Crippen LogP contribution is 2.33. The molecule has 0 bridgehead atoms. The van der Waals surface area contributed by atoms with Crippen molar-refractivity contribution in [3.05, 3.63) is 35.5 Å². The van der Waals surface area contributed by atoms with Crippen molar-refractivity contribution >= 4 is 16.9 Å². The van der Waals surface area contributed by atoms with Crippen LogP contribution in [0.1, 0.15) is 30.4 Å². The van der Waals surface area contributed by atoms with Crippen molar-refractivity contribution < 1.29 is 9.90 Å². The SMILES string of the molecule is CC(c1cn2c3c(cccc13)CCC2)C(N)C(=O)O. The molecule has 2 unspecified atom stereocenters. The first-order valence-corrected chi connectivity index (χ1v) is 6.68. The third-order valence-electron chi connectivity index (χ3n) is 4.17. The highest BCUT2D eigenvalue weighted by molar-refractivity contribution is 5.88. The number of aromatic nitrogens is 1. The molecule has 0 aliphatic carbocycles. The van der Waals surface area contributed by atoms with E-state index in [-0.39, 0.29) is 5.92 Å². The summed E-state index contributed by atoms with van der Waals surface area (Å²) >= 11 is 0. The average molecular weight is 258 g/mol. The summed E-state index contributed by atoms with van der Waals surface area (Å²) in [5, 5.41) is 10.2. The average Bonchev–Trinajstić information content (AvgIpc) is 2.79. The molecule has 0 saturated carbocycles. The van der Waals surface area contributed by atoms with E-state index in [4.69, 9.17) is 10.8 Å². The lowest BCUT2D eigenvalue weighted by molar-refractivity contribution is -0.138. The number of carboxylic acids is 1. The molecule has 1 aliphatic heterocycles. The molecule has 1 aromatic carbocycles. The Morgan fingerprint density at radius 1 is 1.47 bits per heavy atom. The van der Waals surface area contributed by atoms with E-state index < -0.39 is 12.0 Å². The van der Waals surface area contributed by atoms with Gasteiger partial charge in [0.1, 0.15) is 6.04 Å². The van der Waals surface area contributed by atoms with Crippen LogP contribution in [0, 0.1) is 0 Å². The van der Waals surface area contributed by atoms with Gasteiger partial charge >= 0.3 is 5.97 Å². The Labute approximate surface area is 111 Å². The molecule has 3 N–H and O–H groups in total. The molecule has 0 saturated heterocycles. The Balaban J connectivity index is 2.16. The van der Waals surface area contributed by atoms with Crippen LogP contribution in [0.5, 0.6) is 0 Å². The van der Waals surface area contributed by atoms with Crippen LogP contribution >= 0.6 is 0 Å². The van der Waals surface area contributed by atoms with Crippen LogP contribution < -0.4 is 5.73 Å². The summed E-state index contributed by atoms with van der Waals surface area (Å²) in [6.07, 6.45) is 4.32. The van der Waals surface area contributed by atoms with Crippen molar-refractivity contribution in [3.63, 3.8) is 0 Å². The second-order valence-electron chi connectivity index (χ2n) is 5.35. The van der Waals surface area contributed by atoms with Crippen LogP contribution in [0.15, 0.2) is 24.4 Å². The minimum Gasteiger partial charge on any atom is -0.480 e. The van der Waals surface area contributed by atoms with Crippen molar-refractivity contribution in [1.29, 1.82) is 0 Å². The van der Waals surface area contributed by atoms with Crippen LogP contribution in [0.3, 0.4) is 0 Å². The van der Waals surface area contributed by atoms with Gasteiger partial charge in [-0.05, 0) is 24.0 Å². The van der Waals surface area contributed by atoms with Crippen molar-refractivity contribution in [1.82, 2.24) is 4.57 Å². The third-order valence-corrected chi connectivity index (χ3v) is 4.17. The van der Waals surface area contributed by atoms with Gasteiger partial charge in [-0.2, -0.15) is 0 Å². The van der Waals surface area contributed by atoms with Crippen molar-refractivity contribution in [2.45, 2.75) is 38.3 Å². The number of hydrogen-bond donors (Lipinski definition) is 2. The van der Waals surface area contributed by atoms with Gasteiger partial charge in [-0.1, -0.05) is 25.1 Å². The van der Waals surface area contributed by atoms with Gasteiger partial charge in [-0.3, -0.25) is 4.79 Å². The number of benzene rings is 1. The van der Waals surface area contributed by atoms with E-state index in [1.807, 2.05) is 6.92 Å². The van der Waals surface area contributed by atoms with Gasteiger partial charge in [0, 0.05) is 24.0 Å². The third kappa shape index (κ3) is 1.83. The summed E-state index contributed by atoms with van der Waals surface area (Å²) in [5.74, 6) is -1.13. The Bertz CT molecular complexity index is 645.